The maximum absolute atomic E-state index is 5.84. The van der Waals surface area contributed by atoms with Crippen LogP contribution in [-0.4, -0.2) is 0 Å². The lowest BCUT2D eigenvalue weighted by atomic mass is 9.76. The number of halogens is 1. The van der Waals surface area contributed by atoms with Gasteiger partial charge in [-0.2, -0.15) is 0 Å². The average Bonchev–Trinajstić information content (AvgIpc) is 2.42. The van der Waals surface area contributed by atoms with Gasteiger partial charge >= 0.3 is 0 Å². The van der Waals surface area contributed by atoms with Gasteiger partial charge in [-0.05, 0) is 48.8 Å². The van der Waals surface area contributed by atoms with E-state index in [0.717, 1.165) is 5.92 Å². The van der Waals surface area contributed by atoms with Gasteiger partial charge in [0.05, 0.1) is 0 Å². The van der Waals surface area contributed by atoms with E-state index in [9.17, 15) is 0 Å². The van der Waals surface area contributed by atoms with Crippen LogP contribution in [0.4, 0.5) is 0 Å². The van der Waals surface area contributed by atoms with E-state index in [4.69, 9.17) is 5.84 Å². The summed E-state index contributed by atoms with van der Waals surface area (Å²) >= 11 is 3.69. The summed E-state index contributed by atoms with van der Waals surface area (Å²) in [4.78, 5) is 0. The number of hydrazine groups is 1. The number of nitrogens with one attached hydrogen (secondary N) is 1. The van der Waals surface area contributed by atoms with E-state index >= 15 is 0 Å². The largest absolute Gasteiger partial charge is 0.271 e. The minimum Gasteiger partial charge on any atom is -0.271 e. The van der Waals surface area contributed by atoms with E-state index in [2.05, 4.69) is 53.4 Å². The van der Waals surface area contributed by atoms with Crippen molar-refractivity contribution < 1.29 is 0 Å². The van der Waals surface area contributed by atoms with Crippen LogP contribution in [0.1, 0.15) is 56.2 Å². The van der Waals surface area contributed by atoms with Gasteiger partial charge < -0.3 is 0 Å². The SMILES string of the molecule is CCC1CCC(C(NN)c2ccc(C)cc2Br)CC1. The van der Waals surface area contributed by atoms with Crippen molar-refractivity contribution in [3.63, 3.8) is 0 Å². The van der Waals surface area contributed by atoms with Gasteiger partial charge in [0, 0.05) is 10.5 Å². The first-order valence-electron chi connectivity index (χ1n) is 7.37. The Labute approximate surface area is 125 Å². The fourth-order valence-electron chi connectivity index (χ4n) is 3.29. The zero-order valence-electron chi connectivity index (χ0n) is 12.0. The van der Waals surface area contributed by atoms with Crippen LogP contribution < -0.4 is 11.3 Å². The Hall–Kier alpha value is -0.380. The molecule has 1 aliphatic carbocycles. The number of nitrogens with two attached hydrogens (primary N) is 1. The third kappa shape index (κ3) is 3.59. The first-order chi connectivity index (χ1) is 9.15. The molecule has 0 bridgehead atoms. The summed E-state index contributed by atoms with van der Waals surface area (Å²) in [6.07, 6.45) is 6.59. The van der Waals surface area contributed by atoms with Crippen molar-refractivity contribution in [2.45, 2.75) is 52.0 Å². The maximum atomic E-state index is 5.84. The van der Waals surface area contributed by atoms with Crippen LogP contribution in [-0.2, 0) is 0 Å². The predicted octanol–water partition coefficient (Wildman–Crippen LogP) is 4.48. The predicted molar refractivity (Wildman–Crippen MR) is 84.7 cm³/mol. The summed E-state index contributed by atoms with van der Waals surface area (Å²) in [5, 5.41) is 0. The van der Waals surface area contributed by atoms with Crippen molar-refractivity contribution in [2.75, 3.05) is 0 Å². The first-order valence-corrected chi connectivity index (χ1v) is 8.17. The average molecular weight is 325 g/mol. The Bertz CT molecular complexity index is 411. The lowest BCUT2D eigenvalue weighted by Gasteiger charge is -2.34. The topological polar surface area (TPSA) is 38.0 Å². The van der Waals surface area contributed by atoms with Gasteiger partial charge in [-0.1, -0.05) is 54.2 Å². The first kappa shape index (κ1) is 15.0. The Balaban J connectivity index is 2.12. The fourth-order valence-corrected chi connectivity index (χ4v) is 4.03. The molecular weight excluding hydrogens is 300 g/mol. The third-order valence-corrected chi connectivity index (χ3v) is 5.30. The molecule has 3 N–H and O–H groups in total. The molecule has 1 atom stereocenters. The van der Waals surface area contributed by atoms with Gasteiger partial charge in [0.15, 0.2) is 0 Å². The number of benzene rings is 1. The molecule has 1 aromatic carbocycles. The third-order valence-electron chi connectivity index (χ3n) is 4.61. The Morgan fingerprint density at radius 3 is 2.53 bits per heavy atom. The molecular formula is C16H25BrN2. The number of hydrogen-bond acceptors (Lipinski definition) is 2. The fraction of sp³-hybridized carbons (Fsp3) is 0.625. The summed E-state index contributed by atoms with van der Waals surface area (Å²) < 4.78 is 1.17. The van der Waals surface area contributed by atoms with E-state index in [1.165, 1.54) is 47.7 Å². The second kappa shape index (κ2) is 6.87. The normalized spacial score (nSPS) is 25.3. The molecule has 0 aromatic heterocycles. The summed E-state index contributed by atoms with van der Waals surface area (Å²) in [6, 6.07) is 6.82. The second-order valence-electron chi connectivity index (χ2n) is 5.86. The molecule has 0 spiro atoms. The van der Waals surface area contributed by atoms with E-state index in [0.29, 0.717) is 5.92 Å². The van der Waals surface area contributed by atoms with Crippen molar-refractivity contribution in [1.82, 2.24) is 5.43 Å². The Morgan fingerprint density at radius 2 is 2.00 bits per heavy atom. The maximum Gasteiger partial charge on any atom is 0.0499 e. The van der Waals surface area contributed by atoms with Crippen LogP contribution in [0.2, 0.25) is 0 Å². The molecule has 2 nitrogen and oxygen atoms in total. The highest BCUT2D eigenvalue weighted by molar-refractivity contribution is 9.10. The van der Waals surface area contributed by atoms with Crippen molar-refractivity contribution in [3.05, 3.63) is 33.8 Å². The molecule has 2 rings (SSSR count). The minimum absolute atomic E-state index is 0.271. The number of hydrogen-bond donors (Lipinski definition) is 2. The molecule has 0 amide bonds. The molecule has 1 aliphatic rings. The molecule has 0 radical (unpaired) electrons. The zero-order valence-corrected chi connectivity index (χ0v) is 13.5. The smallest absolute Gasteiger partial charge is 0.0499 e. The van der Waals surface area contributed by atoms with Gasteiger partial charge in [0.1, 0.15) is 0 Å². The van der Waals surface area contributed by atoms with Gasteiger partial charge in [-0.15, -0.1) is 0 Å². The summed E-state index contributed by atoms with van der Waals surface area (Å²) in [5.41, 5.74) is 5.63. The van der Waals surface area contributed by atoms with Gasteiger partial charge in [0.2, 0.25) is 0 Å². The van der Waals surface area contributed by atoms with Crippen molar-refractivity contribution in [2.24, 2.45) is 17.7 Å². The molecule has 0 heterocycles. The van der Waals surface area contributed by atoms with Gasteiger partial charge in [-0.25, -0.2) is 0 Å². The van der Waals surface area contributed by atoms with E-state index in [1.807, 2.05) is 0 Å². The van der Waals surface area contributed by atoms with E-state index in [1.54, 1.807) is 0 Å². The van der Waals surface area contributed by atoms with Crippen LogP contribution in [0.5, 0.6) is 0 Å². The van der Waals surface area contributed by atoms with E-state index in [-0.39, 0.29) is 6.04 Å². The lowest BCUT2D eigenvalue weighted by molar-refractivity contribution is 0.219. The highest BCUT2D eigenvalue weighted by Gasteiger charge is 2.28. The highest BCUT2D eigenvalue weighted by Crippen LogP contribution is 2.39. The summed E-state index contributed by atoms with van der Waals surface area (Å²) in [5.74, 6) is 7.42. The van der Waals surface area contributed by atoms with Crippen LogP contribution in [0.25, 0.3) is 0 Å². The standard InChI is InChI=1S/C16H25BrN2/c1-3-12-5-7-13(8-6-12)16(19-18)14-9-4-11(2)10-15(14)17/h4,9-10,12-13,16,19H,3,5-8,18H2,1-2H3. The van der Waals surface area contributed by atoms with Crippen molar-refractivity contribution in [1.29, 1.82) is 0 Å². The lowest BCUT2D eigenvalue weighted by Crippen LogP contribution is -2.35. The second-order valence-corrected chi connectivity index (χ2v) is 6.71. The summed E-state index contributed by atoms with van der Waals surface area (Å²) in [7, 11) is 0. The molecule has 1 saturated carbocycles. The van der Waals surface area contributed by atoms with Gasteiger partial charge in [-0.3, -0.25) is 11.3 Å². The highest BCUT2D eigenvalue weighted by atomic mass is 79.9. The number of rotatable bonds is 4. The van der Waals surface area contributed by atoms with Crippen LogP contribution in [0.3, 0.4) is 0 Å². The quantitative estimate of drug-likeness (QED) is 0.633. The number of aryl methyl sites for hydroxylation is 1. The summed E-state index contributed by atoms with van der Waals surface area (Å²) in [6.45, 7) is 4.42. The molecule has 19 heavy (non-hydrogen) atoms. The van der Waals surface area contributed by atoms with E-state index < -0.39 is 0 Å². The minimum atomic E-state index is 0.271. The van der Waals surface area contributed by atoms with Crippen molar-refractivity contribution >= 4 is 15.9 Å². The van der Waals surface area contributed by atoms with Crippen LogP contribution in [0, 0.1) is 18.8 Å². The molecule has 106 valence electrons. The molecule has 0 aliphatic heterocycles. The Morgan fingerprint density at radius 1 is 1.32 bits per heavy atom. The molecule has 0 saturated heterocycles. The molecule has 1 unspecified atom stereocenters. The van der Waals surface area contributed by atoms with Gasteiger partial charge in [0.25, 0.3) is 0 Å². The molecule has 1 aromatic rings. The zero-order chi connectivity index (χ0) is 13.8. The monoisotopic (exact) mass is 324 g/mol. The van der Waals surface area contributed by atoms with Crippen LogP contribution >= 0.6 is 15.9 Å². The molecule has 3 heteroatoms. The van der Waals surface area contributed by atoms with Crippen molar-refractivity contribution in [3.8, 4) is 0 Å². The Kier molecular flexibility index (Phi) is 5.43. The van der Waals surface area contributed by atoms with Crippen LogP contribution in [0.15, 0.2) is 22.7 Å². The molecule has 1 fully saturated rings.